The molecule has 0 bridgehead atoms. The molecule has 3 heteroatoms. The number of halogens is 2. The number of hydrogen-bond acceptors (Lipinski definition) is 1. The topological polar surface area (TPSA) is 9.23 Å². The van der Waals surface area contributed by atoms with E-state index in [4.69, 9.17) is 27.9 Å². The molecule has 0 N–H and O–H groups in total. The van der Waals surface area contributed by atoms with Crippen LogP contribution in [0.3, 0.4) is 0 Å². The van der Waals surface area contributed by atoms with Gasteiger partial charge in [-0.2, -0.15) is 0 Å². The van der Waals surface area contributed by atoms with E-state index in [2.05, 4.69) is 6.07 Å². The highest BCUT2D eigenvalue weighted by Gasteiger charge is 2.80. The quantitative estimate of drug-likeness (QED) is 0.711. The summed E-state index contributed by atoms with van der Waals surface area (Å²) in [4.78, 5) is 0. The molecule has 2 aliphatic rings. The maximum absolute atomic E-state index is 6.54. The lowest BCUT2D eigenvalue weighted by molar-refractivity contribution is 0.144. The number of alkyl halides is 2. The molecule has 4 rings (SSSR count). The monoisotopic (exact) mass is 290 g/mol. The van der Waals surface area contributed by atoms with Crippen molar-refractivity contribution < 1.29 is 4.74 Å². The molecule has 96 valence electrons. The van der Waals surface area contributed by atoms with E-state index in [1.807, 2.05) is 48.5 Å². The highest BCUT2D eigenvalue weighted by Crippen LogP contribution is 2.72. The third kappa shape index (κ3) is 1.38. The molecule has 0 saturated heterocycles. The number of para-hydroxylation sites is 1. The third-order valence-corrected chi connectivity index (χ3v) is 5.30. The second-order valence-corrected chi connectivity index (χ2v) is 6.58. The molecule has 0 unspecified atom stereocenters. The van der Waals surface area contributed by atoms with Crippen LogP contribution in [0.4, 0.5) is 0 Å². The second-order valence-electron chi connectivity index (χ2n) is 5.19. The van der Waals surface area contributed by atoms with Crippen LogP contribution in [0.25, 0.3) is 0 Å². The van der Waals surface area contributed by atoms with Crippen molar-refractivity contribution in [2.75, 3.05) is 0 Å². The van der Waals surface area contributed by atoms with Crippen LogP contribution >= 0.6 is 23.2 Å². The molecule has 1 aliphatic carbocycles. The Balaban J connectivity index is 1.85. The van der Waals surface area contributed by atoms with Crippen LogP contribution in [0.1, 0.15) is 11.1 Å². The van der Waals surface area contributed by atoms with Crippen molar-refractivity contribution in [1.82, 2.24) is 0 Å². The van der Waals surface area contributed by atoms with E-state index in [1.165, 1.54) is 5.56 Å². The number of fused-ring (bicyclic) bond motifs is 2. The van der Waals surface area contributed by atoms with Gasteiger partial charge >= 0.3 is 0 Å². The van der Waals surface area contributed by atoms with Crippen LogP contribution in [0.15, 0.2) is 54.6 Å². The Morgan fingerprint density at radius 3 is 2.42 bits per heavy atom. The molecule has 1 fully saturated rings. The Morgan fingerprint density at radius 2 is 1.63 bits per heavy atom. The molecule has 2 aromatic rings. The van der Waals surface area contributed by atoms with Crippen molar-refractivity contribution in [2.24, 2.45) is 5.92 Å². The zero-order valence-corrected chi connectivity index (χ0v) is 11.7. The number of hydrogen-bond donors (Lipinski definition) is 0. The van der Waals surface area contributed by atoms with Gasteiger partial charge < -0.3 is 4.74 Å². The molecule has 0 radical (unpaired) electrons. The Morgan fingerprint density at radius 1 is 0.947 bits per heavy atom. The summed E-state index contributed by atoms with van der Waals surface area (Å²) in [6.45, 7) is 0. The van der Waals surface area contributed by atoms with E-state index in [0.717, 1.165) is 17.7 Å². The van der Waals surface area contributed by atoms with E-state index in [1.54, 1.807) is 0 Å². The van der Waals surface area contributed by atoms with Crippen molar-refractivity contribution in [3.8, 4) is 5.75 Å². The van der Waals surface area contributed by atoms with Crippen LogP contribution in [0, 0.1) is 5.92 Å². The second kappa shape index (κ2) is 3.68. The Labute approximate surface area is 122 Å². The van der Waals surface area contributed by atoms with Gasteiger partial charge in [-0.25, -0.2) is 0 Å². The molecule has 1 saturated carbocycles. The van der Waals surface area contributed by atoms with E-state index in [0.29, 0.717) is 0 Å². The first-order chi connectivity index (χ1) is 9.16. The summed E-state index contributed by atoms with van der Waals surface area (Å²) in [5.41, 5.74) is 1.65. The summed E-state index contributed by atoms with van der Waals surface area (Å²) >= 11 is 13.1. The van der Waals surface area contributed by atoms with Gasteiger partial charge in [0.1, 0.15) is 5.75 Å². The van der Waals surface area contributed by atoms with Crippen molar-refractivity contribution in [3.05, 3.63) is 65.7 Å². The maximum atomic E-state index is 6.54. The Hall–Kier alpha value is -1.18. The minimum Gasteiger partial charge on any atom is -0.479 e. The fourth-order valence-electron chi connectivity index (χ4n) is 3.16. The molecule has 0 aromatic heterocycles. The van der Waals surface area contributed by atoms with Gasteiger partial charge in [-0.3, -0.25) is 0 Å². The van der Waals surface area contributed by atoms with Gasteiger partial charge in [0.15, 0.2) is 9.93 Å². The summed E-state index contributed by atoms with van der Waals surface area (Å²) < 4.78 is 5.38. The molecule has 2 atom stereocenters. The molecule has 0 amide bonds. The van der Waals surface area contributed by atoms with Gasteiger partial charge in [-0.05, 0) is 23.6 Å². The lowest BCUT2D eigenvalue weighted by atomic mass is 9.97. The normalized spacial score (nSPS) is 29.9. The smallest absolute Gasteiger partial charge is 0.173 e. The summed E-state index contributed by atoms with van der Waals surface area (Å²) in [6.07, 6.45) is 0.859. The van der Waals surface area contributed by atoms with Gasteiger partial charge in [-0.15, -0.1) is 0 Å². The number of benzene rings is 2. The summed E-state index contributed by atoms with van der Waals surface area (Å²) in [5, 5.41) is 0. The highest BCUT2D eigenvalue weighted by molar-refractivity contribution is 6.52. The molecule has 2 aromatic carbocycles. The largest absolute Gasteiger partial charge is 0.479 e. The first kappa shape index (κ1) is 11.6. The molecule has 1 nitrogen and oxygen atoms in total. The fourth-order valence-corrected chi connectivity index (χ4v) is 4.07. The minimum absolute atomic E-state index is 0.112. The summed E-state index contributed by atoms with van der Waals surface area (Å²) in [6, 6.07) is 18.1. The van der Waals surface area contributed by atoms with Crippen molar-refractivity contribution in [3.63, 3.8) is 0 Å². The first-order valence-corrected chi connectivity index (χ1v) is 7.12. The average Bonchev–Trinajstić information content (AvgIpc) is 2.94. The number of ether oxygens (including phenoxy) is 1. The van der Waals surface area contributed by atoms with E-state index in [-0.39, 0.29) is 5.92 Å². The van der Waals surface area contributed by atoms with Crippen molar-refractivity contribution in [2.45, 2.75) is 16.4 Å². The van der Waals surface area contributed by atoms with Gasteiger partial charge in [0, 0.05) is 5.92 Å². The standard InChI is InChI=1S/C16H12Cl2O/c17-16(18)14-10-11-6-4-5-9-13(11)19-15(14,16)12-7-2-1-3-8-12/h1-9,14H,10H2/t14-,15-/m0/s1. The van der Waals surface area contributed by atoms with Gasteiger partial charge in [0.25, 0.3) is 0 Å². The Bertz CT molecular complexity index is 638. The minimum atomic E-state index is -0.854. The first-order valence-electron chi connectivity index (χ1n) is 6.36. The third-order valence-electron chi connectivity index (χ3n) is 4.21. The van der Waals surface area contributed by atoms with Gasteiger partial charge in [-0.1, -0.05) is 71.7 Å². The van der Waals surface area contributed by atoms with Crippen molar-refractivity contribution >= 4 is 23.2 Å². The molecule has 1 heterocycles. The molecular weight excluding hydrogens is 279 g/mol. The van der Waals surface area contributed by atoms with Crippen LogP contribution in [-0.2, 0) is 12.0 Å². The highest BCUT2D eigenvalue weighted by atomic mass is 35.5. The predicted octanol–water partition coefficient (Wildman–Crippen LogP) is 4.32. The molecule has 1 aliphatic heterocycles. The Kier molecular flexibility index (Phi) is 2.25. The lowest BCUT2D eigenvalue weighted by Crippen LogP contribution is -2.26. The molecular formula is C16H12Cl2O. The SMILES string of the molecule is ClC1(Cl)[C@H]2Cc3ccccc3O[C@@]21c1ccccc1. The van der Waals surface area contributed by atoms with Gasteiger partial charge in [0.05, 0.1) is 0 Å². The average molecular weight is 291 g/mol. The van der Waals surface area contributed by atoms with E-state index in [9.17, 15) is 0 Å². The zero-order valence-electron chi connectivity index (χ0n) is 10.1. The van der Waals surface area contributed by atoms with Crippen LogP contribution in [-0.4, -0.2) is 4.33 Å². The van der Waals surface area contributed by atoms with E-state index >= 15 is 0 Å². The fraction of sp³-hybridized carbons (Fsp3) is 0.250. The lowest BCUT2D eigenvalue weighted by Gasteiger charge is -2.26. The van der Waals surface area contributed by atoms with Crippen LogP contribution in [0.2, 0.25) is 0 Å². The maximum Gasteiger partial charge on any atom is 0.173 e. The number of rotatable bonds is 1. The molecule has 19 heavy (non-hydrogen) atoms. The van der Waals surface area contributed by atoms with Crippen molar-refractivity contribution in [1.29, 1.82) is 0 Å². The summed E-state index contributed by atoms with van der Waals surface area (Å²) in [5.74, 6) is 1.01. The van der Waals surface area contributed by atoms with Gasteiger partial charge in [0.2, 0.25) is 0 Å². The molecule has 0 spiro atoms. The van der Waals surface area contributed by atoms with E-state index < -0.39 is 9.93 Å². The summed E-state index contributed by atoms with van der Waals surface area (Å²) in [7, 11) is 0. The van der Waals surface area contributed by atoms with Crippen LogP contribution < -0.4 is 4.74 Å². The zero-order chi connectivity index (χ0) is 13.1. The van der Waals surface area contributed by atoms with Crippen LogP contribution in [0.5, 0.6) is 5.75 Å². The predicted molar refractivity (Wildman–Crippen MR) is 76.8 cm³/mol.